The minimum Gasteiger partial charge on any atom is -0.483 e. The maximum atomic E-state index is 13.6. The summed E-state index contributed by atoms with van der Waals surface area (Å²) in [4.78, 5) is 30.6. The number of carbonyl (C=O) groups excluding carboxylic acids is 2. The largest absolute Gasteiger partial charge is 0.483 e. The molecule has 0 saturated carbocycles. The average Bonchev–Trinajstić information content (AvgIpc) is 2.98. The predicted molar refractivity (Wildman–Crippen MR) is 159 cm³/mol. The van der Waals surface area contributed by atoms with Gasteiger partial charge in [-0.3, -0.25) is 14.5 Å². The number of benzene rings is 4. The number of hydrogen-bond acceptors (Lipinski definition) is 4. The molecular formula is C34H35N3O3. The van der Waals surface area contributed by atoms with Crippen molar-refractivity contribution in [3.63, 3.8) is 0 Å². The van der Waals surface area contributed by atoms with Crippen LogP contribution in [-0.2, 0) is 4.79 Å². The Morgan fingerprint density at radius 3 is 2.00 bits per heavy atom. The van der Waals surface area contributed by atoms with Gasteiger partial charge in [0.1, 0.15) is 5.75 Å². The highest BCUT2D eigenvalue weighted by Crippen LogP contribution is 2.30. The maximum Gasteiger partial charge on any atom is 0.262 e. The first-order chi connectivity index (χ1) is 19.5. The van der Waals surface area contributed by atoms with Crippen molar-refractivity contribution in [2.75, 3.05) is 38.1 Å². The minimum absolute atomic E-state index is 0.0816. The van der Waals surface area contributed by atoms with Gasteiger partial charge in [-0.05, 0) is 48.7 Å². The van der Waals surface area contributed by atoms with Crippen molar-refractivity contribution in [1.82, 2.24) is 9.80 Å². The number of aryl methyl sites for hydroxylation is 2. The Balaban J connectivity index is 1.23. The Bertz CT molecular complexity index is 1410. The van der Waals surface area contributed by atoms with Crippen LogP contribution in [0.3, 0.4) is 0 Å². The van der Waals surface area contributed by atoms with Gasteiger partial charge < -0.3 is 15.0 Å². The van der Waals surface area contributed by atoms with E-state index in [9.17, 15) is 9.59 Å². The molecule has 0 bridgehead atoms. The molecule has 0 aliphatic carbocycles. The number of nitrogens with zero attached hydrogens (tertiary/aromatic N) is 2. The van der Waals surface area contributed by atoms with E-state index in [0.717, 1.165) is 24.2 Å². The van der Waals surface area contributed by atoms with Crippen molar-refractivity contribution in [3.05, 3.63) is 131 Å². The molecule has 1 fully saturated rings. The highest BCUT2D eigenvalue weighted by atomic mass is 16.5. The number of amides is 2. The molecule has 1 aliphatic rings. The van der Waals surface area contributed by atoms with E-state index in [0.29, 0.717) is 30.1 Å². The van der Waals surface area contributed by atoms with E-state index < -0.39 is 0 Å². The van der Waals surface area contributed by atoms with E-state index in [4.69, 9.17) is 4.74 Å². The van der Waals surface area contributed by atoms with Crippen LogP contribution in [0.25, 0.3) is 0 Å². The van der Waals surface area contributed by atoms with E-state index in [2.05, 4.69) is 58.7 Å². The smallest absolute Gasteiger partial charge is 0.262 e. The van der Waals surface area contributed by atoms with Crippen LogP contribution in [0.1, 0.15) is 38.7 Å². The first kappa shape index (κ1) is 27.2. The van der Waals surface area contributed by atoms with Gasteiger partial charge in [0.15, 0.2) is 6.61 Å². The third-order valence-corrected chi connectivity index (χ3v) is 7.32. The Hall–Kier alpha value is -4.42. The molecule has 1 N–H and O–H groups in total. The Morgan fingerprint density at radius 1 is 0.775 bits per heavy atom. The Labute approximate surface area is 236 Å². The normalized spacial score (nSPS) is 13.7. The summed E-state index contributed by atoms with van der Waals surface area (Å²) in [6, 6.07) is 34.2. The molecule has 6 heteroatoms. The van der Waals surface area contributed by atoms with Gasteiger partial charge in [0.2, 0.25) is 0 Å². The Kier molecular flexibility index (Phi) is 8.57. The highest BCUT2D eigenvalue weighted by Gasteiger charge is 2.29. The fourth-order valence-corrected chi connectivity index (χ4v) is 5.31. The van der Waals surface area contributed by atoms with Crippen LogP contribution in [0.4, 0.5) is 5.69 Å². The summed E-state index contributed by atoms with van der Waals surface area (Å²) in [5.74, 6) is 0.285. The molecule has 0 spiro atoms. The van der Waals surface area contributed by atoms with E-state index in [1.54, 1.807) is 12.1 Å². The number of nitrogens with one attached hydrogen (secondary N) is 1. The van der Waals surface area contributed by atoms with Crippen LogP contribution in [0.15, 0.2) is 103 Å². The maximum absolute atomic E-state index is 13.6. The molecule has 0 aromatic heterocycles. The zero-order valence-electron chi connectivity index (χ0n) is 23.0. The van der Waals surface area contributed by atoms with Gasteiger partial charge in [0.05, 0.1) is 17.3 Å². The number of ether oxygens (including phenoxy) is 1. The van der Waals surface area contributed by atoms with E-state index in [1.807, 2.05) is 61.2 Å². The molecule has 1 heterocycles. The number of anilines is 1. The second kappa shape index (κ2) is 12.6. The third-order valence-electron chi connectivity index (χ3n) is 7.32. The first-order valence-corrected chi connectivity index (χ1v) is 13.7. The van der Waals surface area contributed by atoms with E-state index in [-0.39, 0.29) is 24.5 Å². The van der Waals surface area contributed by atoms with Gasteiger partial charge in [0.25, 0.3) is 11.8 Å². The summed E-state index contributed by atoms with van der Waals surface area (Å²) in [6.45, 7) is 6.54. The molecule has 204 valence electrons. The van der Waals surface area contributed by atoms with Gasteiger partial charge in [-0.2, -0.15) is 0 Å². The van der Waals surface area contributed by atoms with Gasteiger partial charge >= 0.3 is 0 Å². The molecule has 5 rings (SSSR count). The predicted octanol–water partition coefficient (Wildman–Crippen LogP) is 5.87. The minimum atomic E-state index is -0.307. The lowest BCUT2D eigenvalue weighted by atomic mass is 9.96. The fraction of sp³-hybridized carbons (Fsp3) is 0.235. The lowest BCUT2D eigenvalue weighted by molar-refractivity contribution is -0.118. The van der Waals surface area contributed by atoms with Crippen LogP contribution in [0.5, 0.6) is 5.75 Å². The zero-order valence-corrected chi connectivity index (χ0v) is 23.0. The van der Waals surface area contributed by atoms with Crippen molar-refractivity contribution in [2.24, 2.45) is 0 Å². The monoisotopic (exact) mass is 533 g/mol. The third kappa shape index (κ3) is 6.41. The van der Waals surface area contributed by atoms with E-state index >= 15 is 0 Å². The second-order valence-corrected chi connectivity index (χ2v) is 10.2. The summed E-state index contributed by atoms with van der Waals surface area (Å²) >= 11 is 0. The fourth-order valence-electron chi connectivity index (χ4n) is 5.31. The molecule has 1 aliphatic heterocycles. The standard InChI is InChI=1S/C34H35N3O3/c1-25-17-18-31(26(2)23-25)40-24-32(38)35-30-16-10-9-15-29(30)34(39)37-21-19-36(20-22-37)33(27-11-5-3-6-12-27)28-13-7-4-8-14-28/h3-18,23,33H,19-22,24H2,1-2H3,(H,35,38). The summed E-state index contributed by atoms with van der Waals surface area (Å²) in [5, 5.41) is 2.88. The Morgan fingerprint density at radius 2 is 1.38 bits per heavy atom. The van der Waals surface area contributed by atoms with Crippen LogP contribution in [0.2, 0.25) is 0 Å². The molecular weight excluding hydrogens is 498 g/mol. The van der Waals surface area contributed by atoms with Crippen LogP contribution < -0.4 is 10.1 Å². The molecule has 0 atom stereocenters. The van der Waals surface area contributed by atoms with Crippen molar-refractivity contribution < 1.29 is 14.3 Å². The van der Waals surface area contributed by atoms with Crippen LogP contribution in [-0.4, -0.2) is 54.4 Å². The van der Waals surface area contributed by atoms with Crippen molar-refractivity contribution >= 4 is 17.5 Å². The quantitative estimate of drug-likeness (QED) is 0.308. The molecule has 6 nitrogen and oxygen atoms in total. The average molecular weight is 534 g/mol. The SMILES string of the molecule is Cc1ccc(OCC(=O)Nc2ccccc2C(=O)N2CCN(C(c3ccccc3)c3ccccc3)CC2)c(C)c1. The molecule has 0 unspecified atom stereocenters. The molecule has 4 aromatic carbocycles. The highest BCUT2D eigenvalue weighted by molar-refractivity contribution is 6.04. The zero-order chi connectivity index (χ0) is 27.9. The van der Waals surface area contributed by atoms with Gasteiger partial charge in [-0.25, -0.2) is 0 Å². The van der Waals surface area contributed by atoms with Crippen molar-refractivity contribution in [2.45, 2.75) is 19.9 Å². The van der Waals surface area contributed by atoms with Crippen LogP contribution in [0, 0.1) is 13.8 Å². The molecule has 40 heavy (non-hydrogen) atoms. The number of hydrogen-bond donors (Lipinski definition) is 1. The van der Waals surface area contributed by atoms with Gasteiger partial charge in [-0.15, -0.1) is 0 Å². The van der Waals surface area contributed by atoms with Gasteiger partial charge in [0, 0.05) is 26.2 Å². The molecule has 1 saturated heterocycles. The number of piperazine rings is 1. The lowest BCUT2D eigenvalue weighted by Gasteiger charge is -2.40. The second-order valence-electron chi connectivity index (χ2n) is 10.2. The van der Waals surface area contributed by atoms with Crippen LogP contribution >= 0.6 is 0 Å². The first-order valence-electron chi connectivity index (χ1n) is 13.7. The van der Waals surface area contributed by atoms with E-state index in [1.165, 1.54) is 11.1 Å². The summed E-state index contributed by atoms with van der Waals surface area (Å²) in [7, 11) is 0. The van der Waals surface area contributed by atoms with Crippen molar-refractivity contribution in [1.29, 1.82) is 0 Å². The molecule has 4 aromatic rings. The number of para-hydroxylation sites is 1. The molecule has 0 radical (unpaired) electrons. The number of carbonyl (C=O) groups is 2. The van der Waals surface area contributed by atoms with Gasteiger partial charge in [-0.1, -0.05) is 90.5 Å². The summed E-state index contributed by atoms with van der Waals surface area (Å²) in [6.07, 6.45) is 0. The molecule has 2 amide bonds. The summed E-state index contributed by atoms with van der Waals surface area (Å²) < 4.78 is 5.74. The topological polar surface area (TPSA) is 61.9 Å². The van der Waals surface area contributed by atoms with Crippen molar-refractivity contribution in [3.8, 4) is 5.75 Å². The lowest BCUT2D eigenvalue weighted by Crippen LogP contribution is -2.50. The summed E-state index contributed by atoms with van der Waals surface area (Å²) in [5.41, 5.74) is 5.57. The number of rotatable bonds is 8.